The van der Waals surface area contributed by atoms with Gasteiger partial charge in [0.25, 0.3) is 0 Å². The number of guanidine groups is 1. The van der Waals surface area contributed by atoms with Crippen LogP contribution in [0.1, 0.15) is 45.1 Å². The van der Waals surface area contributed by atoms with Gasteiger partial charge in [0.1, 0.15) is 0 Å². The predicted octanol–water partition coefficient (Wildman–Crippen LogP) is 3.56. The SMILES string of the molecule is CCNC(=NCc1cccc(NC(=O)N2CCCC2)c1)NCC1(C)CCCO1.I. The van der Waals surface area contributed by atoms with E-state index in [0.717, 1.165) is 75.7 Å². The number of carbonyl (C=O) groups excluding carboxylic acids is 1. The Morgan fingerprint density at radius 3 is 2.72 bits per heavy atom. The number of rotatable bonds is 6. The van der Waals surface area contributed by atoms with Crippen LogP contribution < -0.4 is 16.0 Å². The molecule has 0 saturated carbocycles. The standard InChI is InChI=1S/C21H33N5O2.HI/c1-3-22-19(24-16-21(2)10-7-13-28-21)23-15-17-8-6-9-18(14-17)25-20(27)26-11-4-5-12-26;/h6,8-9,14H,3-5,7,10-13,15-16H2,1-2H3,(H,25,27)(H2,22,23,24);1H. The molecule has 29 heavy (non-hydrogen) atoms. The van der Waals surface area contributed by atoms with Gasteiger partial charge in [-0.3, -0.25) is 0 Å². The number of nitrogens with zero attached hydrogens (tertiary/aromatic N) is 2. The minimum absolute atomic E-state index is 0. The molecule has 0 aliphatic carbocycles. The van der Waals surface area contributed by atoms with Crippen molar-refractivity contribution in [2.75, 3.05) is 38.1 Å². The van der Waals surface area contributed by atoms with Crippen molar-refractivity contribution in [1.29, 1.82) is 0 Å². The van der Waals surface area contributed by atoms with E-state index < -0.39 is 0 Å². The molecule has 2 heterocycles. The van der Waals surface area contributed by atoms with Crippen LogP contribution in [-0.2, 0) is 11.3 Å². The van der Waals surface area contributed by atoms with E-state index in [1.165, 1.54) is 0 Å². The first-order valence-corrected chi connectivity index (χ1v) is 10.4. The molecule has 7 nitrogen and oxygen atoms in total. The molecule has 162 valence electrons. The van der Waals surface area contributed by atoms with E-state index in [1.54, 1.807) is 0 Å². The Bertz CT molecular complexity index is 685. The Labute approximate surface area is 191 Å². The van der Waals surface area contributed by atoms with Gasteiger partial charge in [0.15, 0.2) is 5.96 Å². The van der Waals surface area contributed by atoms with E-state index in [9.17, 15) is 4.79 Å². The van der Waals surface area contributed by atoms with Gasteiger partial charge in [-0.1, -0.05) is 12.1 Å². The summed E-state index contributed by atoms with van der Waals surface area (Å²) in [5.41, 5.74) is 1.75. The summed E-state index contributed by atoms with van der Waals surface area (Å²) in [7, 11) is 0. The molecule has 0 radical (unpaired) electrons. The fraction of sp³-hybridized carbons (Fsp3) is 0.619. The number of ether oxygens (including phenoxy) is 1. The number of hydrogen-bond acceptors (Lipinski definition) is 3. The average molecular weight is 515 g/mol. The Kier molecular flexibility index (Phi) is 9.48. The summed E-state index contributed by atoms with van der Waals surface area (Å²) in [5.74, 6) is 0.783. The zero-order chi connectivity index (χ0) is 19.8. The second-order valence-electron chi connectivity index (χ2n) is 7.78. The number of likely N-dealkylation sites (tertiary alicyclic amines) is 1. The lowest BCUT2D eigenvalue weighted by atomic mass is 10.0. The highest BCUT2D eigenvalue weighted by Gasteiger charge is 2.29. The van der Waals surface area contributed by atoms with Crippen molar-refractivity contribution >= 4 is 41.7 Å². The number of nitrogens with one attached hydrogen (secondary N) is 3. The van der Waals surface area contributed by atoms with Crippen molar-refractivity contribution in [3.05, 3.63) is 29.8 Å². The molecule has 1 aromatic rings. The summed E-state index contributed by atoms with van der Waals surface area (Å²) in [4.78, 5) is 18.8. The lowest BCUT2D eigenvalue weighted by Gasteiger charge is -2.24. The second-order valence-corrected chi connectivity index (χ2v) is 7.78. The van der Waals surface area contributed by atoms with Crippen molar-refractivity contribution in [1.82, 2.24) is 15.5 Å². The van der Waals surface area contributed by atoms with Crippen molar-refractivity contribution in [2.45, 2.75) is 51.7 Å². The van der Waals surface area contributed by atoms with Gasteiger partial charge >= 0.3 is 6.03 Å². The van der Waals surface area contributed by atoms with Crippen LogP contribution in [0.15, 0.2) is 29.3 Å². The van der Waals surface area contributed by atoms with E-state index in [-0.39, 0.29) is 35.6 Å². The van der Waals surface area contributed by atoms with Crippen LogP contribution in [0.5, 0.6) is 0 Å². The molecular weight excluding hydrogens is 481 g/mol. The summed E-state index contributed by atoms with van der Waals surface area (Å²) in [6, 6.07) is 7.88. The van der Waals surface area contributed by atoms with E-state index in [4.69, 9.17) is 4.74 Å². The molecular formula is C21H34IN5O2. The quantitative estimate of drug-likeness (QED) is 0.308. The first kappa shape index (κ1) is 23.7. The first-order chi connectivity index (χ1) is 13.6. The van der Waals surface area contributed by atoms with Gasteiger partial charge in [0, 0.05) is 38.5 Å². The molecule has 3 rings (SSSR count). The second kappa shape index (κ2) is 11.6. The molecule has 2 aliphatic heterocycles. The third-order valence-corrected chi connectivity index (χ3v) is 5.27. The fourth-order valence-electron chi connectivity index (χ4n) is 3.63. The highest BCUT2D eigenvalue weighted by atomic mass is 127. The van der Waals surface area contributed by atoms with E-state index >= 15 is 0 Å². The van der Waals surface area contributed by atoms with E-state index in [0.29, 0.717) is 6.54 Å². The Morgan fingerprint density at radius 1 is 1.24 bits per heavy atom. The zero-order valence-electron chi connectivity index (χ0n) is 17.5. The van der Waals surface area contributed by atoms with Crippen molar-refractivity contribution in [2.24, 2.45) is 4.99 Å². The third-order valence-electron chi connectivity index (χ3n) is 5.27. The first-order valence-electron chi connectivity index (χ1n) is 10.4. The number of amides is 2. The van der Waals surface area contributed by atoms with E-state index in [2.05, 4.69) is 34.8 Å². The van der Waals surface area contributed by atoms with Gasteiger partial charge in [-0.2, -0.15) is 0 Å². The normalized spacial score (nSPS) is 21.6. The molecule has 2 fully saturated rings. The zero-order valence-corrected chi connectivity index (χ0v) is 19.8. The van der Waals surface area contributed by atoms with Gasteiger partial charge in [-0.25, -0.2) is 9.79 Å². The molecule has 1 unspecified atom stereocenters. The van der Waals surface area contributed by atoms with Crippen LogP contribution in [0.25, 0.3) is 0 Å². The lowest BCUT2D eigenvalue weighted by molar-refractivity contribution is 0.0243. The predicted molar refractivity (Wildman–Crippen MR) is 128 cm³/mol. The van der Waals surface area contributed by atoms with Crippen molar-refractivity contribution in [3.63, 3.8) is 0 Å². The molecule has 2 aliphatic rings. The molecule has 2 amide bonds. The largest absolute Gasteiger partial charge is 0.373 e. The maximum absolute atomic E-state index is 12.3. The Balaban J connectivity index is 0.00000300. The maximum Gasteiger partial charge on any atom is 0.321 e. The van der Waals surface area contributed by atoms with Gasteiger partial charge in [-0.05, 0) is 57.2 Å². The summed E-state index contributed by atoms with van der Waals surface area (Å²) in [6.45, 7) is 8.80. The number of anilines is 1. The van der Waals surface area contributed by atoms with Crippen LogP contribution >= 0.6 is 24.0 Å². The number of carbonyl (C=O) groups is 1. The van der Waals surface area contributed by atoms with Crippen LogP contribution in [0.3, 0.4) is 0 Å². The van der Waals surface area contributed by atoms with Crippen LogP contribution in [0.2, 0.25) is 0 Å². The van der Waals surface area contributed by atoms with Crippen molar-refractivity contribution in [3.8, 4) is 0 Å². The number of benzene rings is 1. The fourth-order valence-corrected chi connectivity index (χ4v) is 3.63. The smallest absolute Gasteiger partial charge is 0.321 e. The van der Waals surface area contributed by atoms with Crippen LogP contribution in [-0.4, -0.2) is 55.3 Å². The minimum atomic E-state index is -0.115. The lowest BCUT2D eigenvalue weighted by Crippen LogP contribution is -2.45. The number of halogens is 1. The molecule has 3 N–H and O–H groups in total. The molecule has 2 saturated heterocycles. The summed E-state index contributed by atoms with van der Waals surface area (Å²) >= 11 is 0. The van der Waals surface area contributed by atoms with Crippen LogP contribution in [0, 0.1) is 0 Å². The molecule has 1 atom stereocenters. The molecule has 1 aromatic carbocycles. The molecule has 0 spiro atoms. The number of urea groups is 1. The number of aliphatic imine (C=N–C) groups is 1. The summed E-state index contributed by atoms with van der Waals surface area (Å²) < 4.78 is 5.84. The summed E-state index contributed by atoms with van der Waals surface area (Å²) in [6.07, 6.45) is 4.36. The maximum atomic E-state index is 12.3. The number of hydrogen-bond donors (Lipinski definition) is 3. The van der Waals surface area contributed by atoms with Gasteiger partial charge in [0.05, 0.1) is 12.1 Å². The Hall–Kier alpha value is -1.55. The molecule has 8 heteroatoms. The Morgan fingerprint density at radius 2 is 2.03 bits per heavy atom. The monoisotopic (exact) mass is 515 g/mol. The molecule has 0 bridgehead atoms. The van der Waals surface area contributed by atoms with Gasteiger partial charge in [0.2, 0.25) is 0 Å². The minimum Gasteiger partial charge on any atom is -0.373 e. The third kappa shape index (κ3) is 7.33. The molecule has 0 aromatic heterocycles. The average Bonchev–Trinajstić information content (AvgIpc) is 3.37. The van der Waals surface area contributed by atoms with E-state index in [1.807, 2.05) is 29.2 Å². The summed E-state index contributed by atoms with van der Waals surface area (Å²) in [5, 5.41) is 9.67. The topological polar surface area (TPSA) is 78.0 Å². The highest BCUT2D eigenvalue weighted by Crippen LogP contribution is 2.23. The van der Waals surface area contributed by atoms with Crippen LogP contribution in [0.4, 0.5) is 10.5 Å². The van der Waals surface area contributed by atoms with Gasteiger partial charge < -0.3 is 25.6 Å². The van der Waals surface area contributed by atoms with Gasteiger partial charge in [-0.15, -0.1) is 24.0 Å². The highest BCUT2D eigenvalue weighted by molar-refractivity contribution is 14.0. The van der Waals surface area contributed by atoms with Crippen molar-refractivity contribution < 1.29 is 9.53 Å².